The lowest BCUT2D eigenvalue weighted by molar-refractivity contribution is -0.136. The van der Waals surface area contributed by atoms with E-state index < -0.39 is 5.97 Å². The molecule has 3 aromatic rings. The van der Waals surface area contributed by atoms with Crippen molar-refractivity contribution in [1.29, 1.82) is 0 Å². The highest BCUT2D eigenvalue weighted by atomic mass is 16.6. The van der Waals surface area contributed by atoms with Gasteiger partial charge in [0.05, 0.1) is 0 Å². The van der Waals surface area contributed by atoms with Crippen molar-refractivity contribution in [2.24, 2.45) is 0 Å². The van der Waals surface area contributed by atoms with Crippen LogP contribution in [-0.2, 0) is 4.79 Å². The summed E-state index contributed by atoms with van der Waals surface area (Å²) >= 11 is 0. The van der Waals surface area contributed by atoms with Crippen LogP contribution in [0.1, 0.15) is 16.7 Å². The summed E-state index contributed by atoms with van der Waals surface area (Å²) in [4.78, 5) is 12.0. The zero-order valence-corrected chi connectivity index (χ0v) is 15.3. The highest BCUT2D eigenvalue weighted by molar-refractivity contribution is 5.74. The van der Waals surface area contributed by atoms with Gasteiger partial charge in [-0.1, -0.05) is 59.7 Å². The molecule has 0 aliphatic rings. The minimum atomic E-state index is -0.423. The van der Waals surface area contributed by atoms with E-state index in [0.717, 1.165) is 22.3 Å². The molecule has 3 heteroatoms. The van der Waals surface area contributed by atoms with Crippen LogP contribution < -0.4 is 9.47 Å². The van der Waals surface area contributed by atoms with Gasteiger partial charge in [-0.15, -0.1) is 0 Å². The molecule has 0 saturated heterocycles. The number of rotatable bonds is 5. The second kappa shape index (κ2) is 7.87. The van der Waals surface area contributed by atoms with Gasteiger partial charge in [-0.2, -0.15) is 0 Å². The Bertz CT molecular complexity index is 894. The molecular formula is C23H22O3. The number of hydrogen-bond donors (Lipinski definition) is 0. The third-order valence-corrected chi connectivity index (χ3v) is 4.15. The van der Waals surface area contributed by atoms with Gasteiger partial charge < -0.3 is 9.47 Å². The second-order valence-corrected chi connectivity index (χ2v) is 6.42. The lowest BCUT2D eigenvalue weighted by Gasteiger charge is -2.10. The quantitative estimate of drug-likeness (QED) is 0.467. The van der Waals surface area contributed by atoms with Crippen molar-refractivity contribution in [2.45, 2.75) is 20.8 Å². The molecule has 0 aliphatic heterocycles. The van der Waals surface area contributed by atoms with Gasteiger partial charge in [0.25, 0.3) is 0 Å². The maximum Gasteiger partial charge on any atom is 0.349 e. The van der Waals surface area contributed by atoms with Crippen molar-refractivity contribution in [3.8, 4) is 22.6 Å². The molecule has 0 aromatic heterocycles. The Labute approximate surface area is 154 Å². The number of carbonyl (C=O) groups is 1. The van der Waals surface area contributed by atoms with E-state index >= 15 is 0 Å². The number of hydrogen-bond acceptors (Lipinski definition) is 3. The third kappa shape index (κ3) is 4.51. The van der Waals surface area contributed by atoms with Gasteiger partial charge in [0.15, 0.2) is 6.61 Å². The Morgan fingerprint density at radius 3 is 1.96 bits per heavy atom. The summed E-state index contributed by atoms with van der Waals surface area (Å²) in [5, 5.41) is 0. The van der Waals surface area contributed by atoms with Crippen LogP contribution in [0.15, 0.2) is 66.7 Å². The van der Waals surface area contributed by atoms with Crippen molar-refractivity contribution in [2.75, 3.05) is 6.61 Å². The molecule has 0 spiro atoms. The maximum atomic E-state index is 12.0. The smallest absolute Gasteiger partial charge is 0.349 e. The van der Waals surface area contributed by atoms with E-state index in [0.29, 0.717) is 11.5 Å². The van der Waals surface area contributed by atoms with Crippen LogP contribution in [-0.4, -0.2) is 12.6 Å². The molecular weight excluding hydrogens is 324 g/mol. The first-order chi connectivity index (χ1) is 12.5. The fraction of sp³-hybridized carbons (Fsp3) is 0.174. The Morgan fingerprint density at radius 2 is 1.35 bits per heavy atom. The van der Waals surface area contributed by atoms with Gasteiger partial charge >= 0.3 is 5.97 Å². The van der Waals surface area contributed by atoms with Crippen molar-refractivity contribution in [3.05, 3.63) is 83.4 Å². The van der Waals surface area contributed by atoms with Crippen molar-refractivity contribution >= 4 is 5.97 Å². The van der Waals surface area contributed by atoms with E-state index in [-0.39, 0.29) is 6.61 Å². The van der Waals surface area contributed by atoms with Gasteiger partial charge in [0.2, 0.25) is 0 Å². The zero-order valence-electron chi connectivity index (χ0n) is 15.3. The monoisotopic (exact) mass is 346 g/mol. The number of aryl methyl sites for hydroxylation is 3. The third-order valence-electron chi connectivity index (χ3n) is 4.15. The van der Waals surface area contributed by atoms with Gasteiger partial charge in [-0.3, -0.25) is 0 Å². The Kier molecular flexibility index (Phi) is 5.37. The summed E-state index contributed by atoms with van der Waals surface area (Å²) < 4.78 is 10.9. The fourth-order valence-corrected chi connectivity index (χ4v) is 2.72. The molecule has 0 amide bonds. The van der Waals surface area contributed by atoms with Crippen LogP contribution >= 0.6 is 0 Å². The first-order valence-corrected chi connectivity index (χ1v) is 8.59. The first kappa shape index (κ1) is 17.7. The van der Waals surface area contributed by atoms with Crippen LogP contribution in [0, 0.1) is 20.8 Å². The lowest BCUT2D eigenvalue weighted by atomic mass is 10.0. The topological polar surface area (TPSA) is 35.5 Å². The zero-order chi connectivity index (χ0) is 18.5. The van der Waals surface area contributed by atoms with E-state index in [4.69, 9.17) is 9.47 Å². The molecule has 0 aliphatic carbocycles. The largest absolute Gasteiger partial charge is 0.482 e. The number of benzene rings is 3. The molecule has 0 N–H and O–H groups in total. The van der Waals surface area contributed by atoms with Gasteiger partial charge in [0, 0.05) is 0 Å². The van der Waals surface area contributed by atoms with Crippen LogP contribution in [0.5, 0.6) is 11.5 Å². The Hall–Kier alpha value is -3.07. The molecule has 26 heavy (non-hydrogen) atoms. The summed E-state index contributed by atoms with van der Waals surface area (Å²) in [5.41, 5.74) is 5.59. The van der Waals surface area contributed by atoms with Crippen molar-refractivity contribution < 1.29 is 14.3 Å². The number of ether oxygens (including phenoxy) is 2. The van der Waals surface area contributed by atoms with Crippen LogP contribution in [0.3, 0.4) is 0 Å². The lowest BCUT2D eigenvalue weighted by Crippen LogP contribution is -2.18. The maximum absolute atomic E-state index is 12.0. The SMILES string of the molecule is Cc1ccc(-c2ccc(OC(=O)COc3ccc(C)cc3C)cc2)cc1. The number of carbonyl (C=O) groups excluding carboxylic acids is 1. The van der Waals surface area contributed by atoms with E-state index in [1.807, 2.05) is 44.2 Å². The standard InChI is InChI=1S/C23H22O3/c1-16-4-7-19(8-5-16)20-9-11-21(12-10-20)26-23(24)15-25-22-13-6-17(2)14-18(22)3/h4-14H,15H2,1-3H3. The first-order valence-electron chi connectivity index (χ1n) is 8.59. The average molecular weight is 346 g/mol. The van der Waals surface area contributed by atoms with E-state index in [2.05, 4.69) is 31.2 Å². The van der Waals surface area contributed by atoms with Crippen molar-refractivity contribution in [1.82, 2.24) is 0 Å². The molecule has 0 atom stereocenters. The molecule has 0 fully saturated rings. The van der Waals surface area contributed by atoms with Gasteiger partial charge in [-0.05, 0) is 55.7 Å². The van der Waals surface area contributed by atoms with E-state index in [1.165, 1.54) is 5.56 Å². The average Bonchev–Trinajstić information content (AvgIpc) is 2.62. The molecule has 3 nitrogen and oxygen atoms in total. The summed E-state index contributed by atoms with van der Waals surface area (Å²) in [6.07, 6.45) is 0. The summed E-state index contributed by atoms with van der Waals surface area (Å²) in [7, 11) is 0. The Balaban J connectivity index is 1.58. The fourth-order valence-electron chi connectivity index (χ4n) is 2.72. The molecule has 3 rings (SSSR count). The van der Waals surface area contributed by atoms with Crippen LogP contribution in [0.25, 0.3) is 11.1 Å². The molecule has 132 valence electrons. The highest BCUT2D eigenvalue weighted by Crippen LogP contribution is 2.23. The minimum absolute atomic E-state index is 0.121. The molecule has 0 radical (unpaired) electrons. The predicted octanol–water partition coefficient (Wildman–Crippen LogP) is 5.26. The molecule has 0 saturated carbocycles. The highest BCUT2D eigenvalue weighted by Gasteiger charge is 2.08. The normalized spacial score (nSPS) is 10.4. The summed E-state index contributed by atoms with van der Waals surface area (Å²) in [6, 6.07) is 21.6. The summed E-state index contributed by atoms with van der Waals surface area (Å²) in [5.74, 6) is 0.783. The van der Waals surface area contributed by atoms with Crippen LogP contribution in [0.2, 0.25) is 0 Å². The van der Waals surface area contributed by atoms with E-state index in [1.54, 1.807) is 12.1 Å². The molecule has 0 heterocycles. The summed E-state index contributed by atoms with van der Waals surface area (Å²) in [6.45, 7) is 5.92. The van der Waals surface area contributed by atoms with Crippen LogP contribution in [0.4, 0.5) is 0 Å². The predicted molar refractivity (Wildman–Crippen MR) is 104 cm³/mol. The second-order valence-electron chi connectivity index (χ2n) is 6.42. The molecule has 0 bridgehead atoms. The molecule has 0 unspecified atom stereocenters. The number of esters is 1. The van der Waals surface area contributed by atoms with Crippen molar-refractivity contribution in [3.63, 3.8) is 0 Å². The van der Waals surface area contributed by atoms with E-state index in [9.17, 15) is 4.79 Å². The van der Waals surface area contributed by atoms with Gasteiger partial charge in [-0.25, -0.2) is 4.79 Å². The van der Waals surface area contributed by atoms with Gasteiger partial charge in [0.1, 0.15) is 11.5 Å². The Morgan fingerprint density at radius 1 is 0.769 bits per heavy atom. The minimum Gasteiger partial charge on any atom is -0.482 e. The molecule has 3 aromatic carbocycles.